The van der Waals surface area contributed by atoms with Gasteiger partial charge in [0.1, 0.15) is 5.82 Å². The second kappa shape index (κ2) is 9.56. The molecule has 0 aromatic heterocycles. The summed E-state index contributed by atoms with van der Waals surface area (Å²) < 4.78 is 19.3. The van der Waals surface area contributed by atoms with Crippen LogP contribution in [-0.2, 0) is 10.2 Å². The van der Waals surface area contributed by atoms with Gasteiger partial charge >= 0.3 is 0 Å². The molecule has 5 heteroatoms. The molecule has 0 saturated carbocycles. The molecule has 0 aliphatic carbocycles. The largest absolute Gasteiger partial charge is 0.381 e. The number of benzene rings is 1. The van der Waals surface area contributed by atoms with Gasteiger partial charge in [-0.15, -0.1) is 6.58 Å². The van der Waals surface area contributed by atoms with Gasteiger partial charge in [-0.2, -0.15) is 0 Å². The van der Waals surface area contributed by atoms with E-state index in [0.29, 0.717) is 13.2 Å². The Morgan fingerprint density at radius 2 is 2.20 bits per heavy atom. The van der Waals surface area contributed by atoms with Crippen molar-refractivity contribution in [2.75, 3.05) is 40.4 Å². The van der Waals surface area contributed by atoms with Gasteiger partial charge in [-0.3, -0.25) is 4.99 Å². The minimum absolute atomic E-state index is 0.127. The number of guanidine groups is 1. The first kappa shape index (κ1) is 19.4. The maximum Gasteiger partial charge on any atom is 0.193 e. The standard InChI is InChI=1S/C20H30FN3O/c1-4-5-6-12-24(3)19(22-2)23-16-20(10-13-25-14-11-20)17-8-7-9-18(21)15-17/h4,7-9,15H,1,5-6,10-14,16H2,2-3H3,(H,22,23). The normalized spacial score (nSPS) is 17.2. The van der Waals surface area contributed by atoms with E-state index in [4.69, 9.17) is 4.74 Å². The second-order valence-electron chi connectivity index (χ2n) is 6.66. The van der Waals surface area contributed by atoms with Crippen molar-refractivity contribution in [1.29, 1.82) is 0 Å². The monoisotopic (exact) mass is 347 g/mol. The molecule has 1 N–H and O–H groups in total. The zero-order chi connectivity index (χ0) is 18.1. The predicted molar refractivity (Wildman–Crippen MR) is 102 cm³/mol. The molecular weight excluding hydrogens is 317 g/mol. The number of hydrogen-bond donors (Lipinski definition) is 1. The number of rotatable bonds is 7. The summed E-state index contributed by atoms with van der Waals surface area (Å²) in [6.07, 6.45) is 5.72. The molecule has 0 bridgehead atoms. The van der Waals surface area contributed by atoms with Crippen LogP contribution in [0.15, 0.2) is 41.9 Å². The lowest BCUT2D eigenvalue weighted by atomic mass is 9.74. The third kappa shape index (κ3) is 5.30. The maximum absolute atomic E-state index is 13.8. The van der Waals surface area contributed by atoms with E-state index in [-0.39, 0.29) is 11.2 Å². The Morgan fingerprint density at radius 1 is 1.44 bits per heavy atom. The van der Waals surface area contributed by atoms with E-state index >= 15 is 0 Å². The van der Waals surface area contributed by atoms with E-state index in [0.717, 1.165) is 50.3 Å². The lowest BCUT2D eigenvalue weighted by molar-refractivity contribution is 0.0511. The van der Waals surface area contributed by atoms with Crippen LogP contribution in [0.4, 0.5) is 4.39 Å². The minimum atomic E-state index is -0.186. The molecule has 1 saturated heterocycles. The highest BCUT2D eigenvalue weighted by atomic mass is 19.1. The van der Waals surface area contributed by atoms with Gasteiger partial charge in [0.2, 0.25) is 0 Å². The Morgan fingerprint density at radius 3 is 2.84 bits per heavy atom. The Labute approximate surface area is 150 Å². The van der Waals surface area contributed by atoms with Gasteiger partial charge in [0.15, 0.2) is 5.96 Å². The molecule has 0 amide bonds. The first-order chi connectivity index (χ1) is 12.1. The topological polar surface area (TPSA) is 36.9 Å². The van der Waals surface area contributed by atoms with Crippen molar-refractivity contribution >= 4 is 5.96 Å². The lowest BCUT2D eigenvalue weighted by Gasteiger charge is -2.39. The van der Waals surface area contributed by atoms with Crippen molar-refractivity contribution in [1.82, 2.24) is 10.2 Å². The Kier molecular flexibility index (Phi) is 7.44. The summed E-state index contributed by atoms with van der Waals surface area (Å²) in [5.41, 5.74) is 0.909. The smallest absolute Gasteiger partial charge is 0.193 e. The summed E-state index contributed by atoms with van der Waals surface area (Å²) in [5.74, 6) is 0.681. The SMILES string of the molecule is C=CCCCN(C)C(=NC)NCC1(c2cccc(F)c2)CCOCC1. The summed E-state index contributed by atoms with van der Waals surface area (Å²) >= 11 is 0. The van der Waals surface area contributed by atoms with Crippen LogP contribution >= 0.6 is 0 Å². The number of nitrogens with one attached hydrogen (secondary N) is 1. The van der Waals surface area contributed by atoms with Gasteiger partial charge in [-0.05, 0) is 43.4 Å². The number of ether oxygens (including phenoxy) is 1. The van der Waals surface area contributed by atoms with Crippen molar-refractivity contribution in [3.05, 3.63) is 48.3 Å². The molecule has 138 valence electrons. The highest BCUT2D eigenvalue weighted by Gasteiger charge is 2.35. The molecular formula is C20H30FN3O. The fraction of sp³-hybridized carbons (Fsp3) is 0.550. The zero-order valence-corrected chi connectivity index (χ0v) is 15.4. The van der Waals surface area contributed by atoms with Crippen molar-refractivity contribution in [2.45, 2.75) is 31.1 Å². The molecule has 25 heavy (non-hydrogen) atoms. The van der Waals surface area contributed by atoms with Crippen molar-refractivity contribution in [2.24, 2.45) is 4.99 Å². The van der Waals surface area contributed by atoms with Crippen molar-refractivity contribution in [3.8, 4) is 0 Å². The Bertz CT molecular complexity index is 582. The first-order valence-electron chi connectivity index (χ1n) is 8.98. The maximum atomic E-state index is 13.8. The summed E-state index contributed by atoms with van der Waals surface area (Å²) in [5, 5.41) is 3.50. The molecule has 1 aliphatic rings. The van der Waals surface area contributed by atoms with Gasteiger partial charge < -0.3 is 15.0 Å². The minimum Gasteiger partial charge on any atom is -0.381 e. The van der Waals surface area contributed by atoms with E-state index in [1.807, 2.05) is 19.2 Å². The second-order valence-corrected chi connectivity index (χ2v) is 6.66. The number of nitrogens with zero attached hydrogens (tertiary/aromatic N) is 2. The van der Waals surface area contributed by atoms with Crippen LogP contribution < -0.4 is 5.32 Å². The molecule has 0 radical (unpaired) electrons. The average molecular weight is 347 g/mol. The quantitative estimate of drug-likeness (QED) is 0.356. The van der Waals surface area contributed by atoms with Crippen LogP contribution in [0.25, 0.3) is 0 Å². The molecule has 0 spiro atoms. The zero-order valence-electron chi connectivity index (χ0n) is 15.4. The van der Waals surface area contributed by atoms with Crippen molar-refractivity contribution in [3.63, 3.8) is 0 Å². The number of aliphatic imine (C=N–C) groups is 1. The molecule has 1 aliphatic heterocycles. The highest BCUT2D eigenvalue weighted by molar-refractivity contribution is 5.79. The van der Waals surface area contributed by atoms with E-state index in [1.165, 1.54) is 6.07 Å². The predicted octanol–water partition coefficient (Wildman–Crippen LogP) is 3.35. The molecule has 1 fully saturated rings. The average Bonchev–Trinajstić information content (AvgIpc) is 2.63. The lowest BCUT2D eigenvalue weighted by Crippen LogP contribution is -2.48. The highest BCUT2D eigenvalue weighted by Crippen LogP contribution is 2.34. The first-order valence-corrected chi connectivity index (χ1v) is 8.98. The van der Waals surface area contributed by atoms with Crippen LogP contribution in [0.2, 0.25) is 0 Å². The Balaban J connectivity index is 2.08. The van der Waals surface area contributed by atoms with Crippen LogP contribution in [-0.4, -0.2) is 51.3 Å². The van der Waals surface area contributed by atoms with E-state index in [2.05, 4.69) is 21.8 Å². The molecule has 2 rings (SSSR count). The van der Waals surface area contributed by atoms with Crippen LogP contribution in [0.3, 0.4) is 0 Å². The third-order valence-electron chi connectivity index (χ3n) is 4.95. The molecule has 0 unspecified atom stereocenters. The van der Waals surface area contributed by atoms with Gasteiger partial charge in [0, 0.05) is 45.8 Å². The number of allylic oxidation sites excluding steroid dienone is 1. The molecule has 4 nitrogen and oxygen atoms in total. The van der Waals surface area contributed by atoms with Gasteiger partial charge in [-0.25, -0.2) is 4.39 Å². The molecule has 1 heterocycles. The summed E-state index contributed by atoms with van der Waals surface area (Å²) in [6.45, 7) is 6.80. The number of hydrogen-bond acceptors (Lipinski definition) is 2. The molecule has 0 atom stereocenters. The van der Waals surface area contributed by atoms with E-state index in [1.54, 1.807) is 19.2 Å². The summed E-state index contributed by atoms with van der Waals surface area (Å²) in [4.78, 5) is 6.52. The number of unbranched alkanes of at least 4 members (excludes halogenated alkanes) is 1. The van der Waals surface area contributed by atoms with Gasteiger partial charge in [0.05, 0.1) is 0 Å². The van der Waals surface area contributed by atoms with E-state index < -0.39 is 0 Å². The number of halogens is 1. The third-order valence-corrected chi connectivity index (χ3v) is 4.95. The van der Waals surface area contributed by atoms with Crippen LogP contribution in [0.1, 0.15) is 31.2 Å². The molecule has 1 aromatic carbocycles. The van der Waals surface area contributed by atoms with E-state index in [9.17, 15) is 4.39 Å². The van der Waals surface area contributed by atoms with Crippen LogP contribution in [0, 0.1) is 5.82 Å². The fourth-order valence-electron chi connectivity index (χ4n) is 3.36. The van der Waals surface area contributed by atoms with Gasteiger partial charge in [-0.1, -0.05) is 18.2 Å². The van der Waals surface area contributed by atoms with Crippen LogP contribution in [0.5, 0.6) is 0 Å². The van der Waals surface area contributed by atoms with Crippen molar-refractivity contribution < 1.29 is 9.13 Å². The fourth-order valence-corrected chi connectivity index (χ4v) is 3.36. The molecule has 1 aromatic rings. The van der Waals surface area contributed by atoms with Gasteiger partial charge in [0.25, 0.3) is 0 Å². The summed E-state index contributed by atoms with van der Waals surface area (Å²) in [7, 11) is 3.84. The Hall–Kier alpha value is -1.88. The summed E-state index contributed by atoms with van der Waals surface area (Å²) in [6, 6.07) is 6.96.